The van der Waals surface area contributed by atoms with Crippen molar-refractivity contribution >= 4 is 29.9 Å². The minimum absolute atomic E-state index is 0. The van der Waals surface area contributed by atoms with Gasteiger partial charge in [0.25, 0.3) is 0 Å². The van der Waals surface area contributed by atoms with Crippen LogP contribution in [-0.4, -0.2) is 37.8 Å². The molecule has 6 heteroatoms. The average molecular weight is 463 g/mol. The Balaban J connectivity index is 0.00000312. The van der Waals surface area contributed by atoms with Gasteiger partial charge in [-0.3, -0.25) is 4.99 Å². The molecule has 0 unspecified atom stereocenters. The minimum atomic E-state index is -0.193. The van der Waals surface area contributed by atoms with Crippen molar-refractivity contribution in [3.05, 3.63) is 35.6 Å². The summed E-state index contributed by atoms with van der Waals surface area (Å²) in [6, 6.07) is 6.92. The predicted octanol–water partition coefficient (Wildman–Crippen LogP) is 3.85. The molecule has 2 rings (SSSR count). The number of ether oxygens (including phenoxy) is 1. The lowest BCUT2D eigenvalue weighted by atomic mass is 9.74. The van der Waals surface area contributed by atoms with Crippen molar-refractivity contribution in [2.24, 2.45) is 4.99 Å². The highest BCUT2D eigenvalue weighted by atomic mass is 127. The number of benzene rings is 1. The highest BCUT2D eigenvalue weighted by molar-refractivity contribution is 14.0. The fraction of sp³-hybridized carbons (Fsp3) is 0.632. The van der Waals surface area contributed by atoms with E-state index in [9.17, 15) is 4.39 Å². The number of rotatable bonds is 4. The van der Waals surface area contributed by atoms with E-state index in [4.69, 9.17) is 9.73 Å². The van der Waals surface area contributed by atoms with Gasteiger partial charge >= 0.3 is 0 Å². The quantitative estimate of drug-likeness (QED) is 0.405. The lowest BCUT2D eigenvalue weighted by Crippen LogP contribution is -2.48. The van der Waals surface area contributed by atoms with Gasteiger partial charge < -0.3 is 15.4 Å². The van der Waals surface area contributed by atoms with Crippen molar-refractivity contribution in [3.8, 4) is 0 Å². The molecular formula is C19H31FIN3O. The molecule has 0 aromatic heterocycles. The van der Waals surface area contributed by atoms with Crippen molar-refractivity contribution in [2.45, 2.75) is 51.5 Å². The van der Waals surface area contributed by atoms with Crippen molar-refractivity contribution in [1.29, 1.82) is 0 Å². The molecule has 0 saturated carbocycles. The SMILES string of the molecule is CCNC(=NCC1(c2cccc(F)c2)CCOCC1)NC(C)(C)C.I. The molecule has 1 fully saturated rings. The molecule has 25 heavy (non-hydrogen) atoms. The van der Waals surface area contributed by atoms with Crippen LogP contribution in [-0.2, 0) is 10.2 Å². The predicted molar refractivity (Wildman–Crippen MR) is 112 cm³/mol. The topological polar surface area (TPSA) is 45.7 Å². The molecule has 1 aromatic carbocycles. The van der Waals surface area contributed by atoms with Crippen LogP contribution in [0.2, 0.25) is 0 Å². The first-order valence-electron chi connectivity index (χ1n) is 8.75. The van der Waals surface area contributed by atoms with Crippen LogP contribution in [0, 0.1) is 5.82 Å². The van der Waals surface area contributed by atoms with Gasteiger partial charge in [0.2, 0.25) is 0 Å². The molecule has 0 radical (unpaired) electrons. The van der Waals surface area contributed by atoms with Crippen molar-refractivity contribution < 1.29 is 9.13 Å². The van der Waals surface area contributed by atoms with Crippen molar-refractivity contribution in [3.63, 3.8) is 0 Å². The summed E-state index contributed by atoms with van der Waals surface area (Å²) in [7, 11) is 0. The molecule has 0 amide bonds. The second-order valence-corrected chi connectivity index (χ2v) is 7.47. The molecule has 0 spiro atoms. The summed E-state index contributed by atoms with van der Waals surface area (Å²) in [5, 5.41) is 6.70. The number of aliphatic imine (C=N–C) groups is 1. The maximum atomic E-state index is 13.7. The zero-order valence-corrected chi connectivity index (χ0v) is 18.0. The summed E-state index contributed by atoms with van der Waals surface area (Å²) < 4.78 is 19.3. The summed E-state index contributed by atoms with van der Waals surface area (Å²) in [5.41, 5.74) is 0.782. The molecular weight excluding hydrogens is 432 g/mol. The average Bonchev–Trinajstić information content (AvgIpc) is 2.52. The van der Waals surface area contributed by atoms with Crippen LogP contribution in [0.5, 0.6) is 0 Å². The Morgan fingerprint density at radius 1 is 1.28 bits per heavy atom. The molecule has 0 atom stereocenters. The number of nitrogens with one attached hydrogen (secondary N) is 2. The first-order valence-corrected chi connectivity index (χ1v) is 8.75. The molecule has 1 saturated heterocycles. The third-order valence-corrected chi connectivity index (χ3v) is 4.26. The number of hydrogen-bond donors (Lipinski definition) is 2. The van der Waals surface area contributed by atoms with Crippen molar-refractivity contribution in [2.75, 3.05) is 26.3 Å². The smallest absolute Gasteiger partial charge is 0.191 e. The number of nitrogens with zero attached hydrogens (tertiary/aromatic N) is 1. The highest BCUT2D eigenvalue weighted by Gasteiger charge is 2.35. The van der Waals surface area contributed by atoms with Gasteiger partial charge in [-0.05, 0) is 58.2 Å². The largest absolute Gasteiger partial charge is 0.381 e. The first kappa shape index (κ1) is 22.2. The van der Waals surface area contributed by atoms with Gasteiger partial charge in [-0.15, -0.1) is 24.0 Å². The summed E-state index contributed by atoms with van der Waals surface area (Å²) in [6.45, 7) is 11.2. The van der Waals surface area contributed by atoms with Gasteiger partial charge in [-0.2, -0.15) is 0 Å². The van der Waals surface area contributed by atoms with E-state index in [1.54, 1.807) is 12.1 Å². The van der Waals surface area contributed by atoms with Crippen molar-refractivity contribution in [1.82, 2.24) is 10.6 Å². The van der Waals surface area contributed by atoms with Crippen LogP contribution in [0.15, 0.2) is 29.3 Å². The second kappa shape index (κ2) is 9.71. The molecule has 4 nitrogen and oxygen atoms in total. The van der Waals surface area contributed by atoms with E-state index in [1.165, 1.54) is 6.07 Å². The fourth-order valence-corrected chi connectivity index (χ4v) is 3.01. The van der Waals surface area contributed by atoms with Crippen LogP contribution < -0.4 is 10.6 Å². The Morgan fingerprint density at radius 2 is 1.96 bits per heavy atom. The van der Waals surface area contributed by atoms with E-state index in [1.807, 2.05) is 6.07 Å². The molecule has 0 bridgehead atoms. The molecule has 1 heterocycles. The van der Waals surface area contributed by atoms with Gasteiger partial charge in [0, 0.05) is 30.7 Å². The summed E-state index contributed by atoms with van der Waals surface area (Å²) >= 11 is 0. The van der Waals surface area contributed by atoms with Crippen LogP contribution in [0.3, 0.4) is 0 Å². The van der Waals surface area contributed by atoms with E-state index in [2.05, 4.69) is 38.3 Å². The lowest BCUT2D eigenvalue weighted by Gasteiger charge is -2.37. The fourth-order valence-electron chi connectivity index (χ4n) is 3.01. The maximum absolute atomic E-state index is 13.7. The van der Waals surface area contributed by atoms with Gasteiger partial charge in [-0.25, -0.2) is 4.39 Å². The zero-order chi connectivity index (χ0) is 17.6. The second-order valence-electron chi connectivity index (χ2n) is 7.47. The molecule has 2 N–H and O–H groups in total. The standard InChI is InChI=1S/C19H30FN3O.HI/c1-5-21-17(23-18(2,3)4)22-14-19(9-11-24-12-10-19)15-7-6-8-16(20)13-15;/h6-8,13H,5,9-12,14H2,1-4H3,(H2,21,22,23);1H. The lowest BCUT2D eigenvalue weighted by molar-refractivity contribution is 0.0530. The van der Waals surface area contributed by atoms with E-state index in [0.29, 0.717) is 19.8 Å². The molecule has 0 aliphatic carbocycles. The van der Waals surface area contributed by atoms with Gasteiger partial charge in [0.1, 0.15) is 5.82 Å². The van der Waals surface area contributed by atoms with Crippen LogP contribution >= 0.6 is 24.0 Å². The summed E-state index contributed by atoms with van der Waals surface area (Å²) in [5.74, 6) is 0.606. The number of halogens is 2. The normalized spacial score (nSPS) is 17.6. The number of hydrogen-bond acceptors (Lipinski definition) is 2. The molecule has 1 aromatic rings. The van der Waals surface area contributed by atoms with E-state index in [-0.39, 0.29) is 40.7 Å². The monoisotopic (exact) mass is 463 g/mol. The summed E-state index contributed by atoms with van der Waals surface area (Å²) in [4.78, 5) is 4.82. The maximum Gasteiger partial charge on any atom is 0.191 e. The molecule has 1 aliphatic rings. The Hall–Kier alpha value is -0.890. The Kier molecular flexibility index (Phi) is 8.60. The van der Waals surface area contributed by atoms with E-state index >= 15 is 0 Å². The Bertz CT molecular complexity index is 566. The third kappa shape index (κ3) is 6.73. The molecule has 1 aliphatic heterocycles. The number of guanidine groups is 1. The van der Waals surface area contributed by atoms with Gasteiger partial charge in [-0.1, -0.05) is 12.1 Å². The molecule has 142 valence electrons. The van der Waals surface area contributed by atoms with E-state index in [0.717, 1.165) is 30.9 Å². The first-order chi connectivity index (χ1) is 11.3. The van der Waals surface area contributed by atoms with Gasteiger partial charge in [0.05, 0.1) is 6.54 Å². The Morgan fingerprint density at radius 3 is 2.52 bits per heavy atom. The van der Waals surface area contributed by atoms with E-state index < -0.39 is 0 Å². The summed E-state index contributed by atoms with van der Waals surface area (Å²) in [6.07, 6.45) is 1.71. The minimum Gasteiger partial charge on any atom is -0.381 e. The Labute approximate surface area is 168 Å². The van der Waals surface area contributed by atoms with Crippen LogP contribution in [0.25, 0.3) is 0 Å². The highest BCUT2D eigenvalue weighted by Crippen LogP contribution is 2.35. The zero-order valence-electron chi connectivity index (χ0n) is 15.7. The van der Waals surface area contributed by atoms with Crippen LogP contribution in [0.4, 0.5) is 4.39 Å². The third-order valence-electron chi connectivity index (χ3n) is 4.26. The van der Waals surface area contributed by atoms with Crippen LogP contribution in [0.1, 0.15) is 46.1 Å². The van der Waals surface area contributed by atoms with Gasteiger partial charge in [0.15, 0.2) is 5.96 Å².